The van der Waals surface area contributed by atoms with Gasteiger partial charge in [0.15, 0.2) is 9.84 Å². The van der Waals surface area contributed by atoms with Gasteiger partial charge in [-0.15, -0.1) is 0 Å². The molecule has 0 radical (unpaired) electrons. The summed E-state index contributed by atoms with van der Waals surface area (Å²) in [5, 5.41) is 0. The second-order valence-corrected chi connectivity index (χ2v) is 8.99. The summed E-state index contributed by atoms with van der Waals surface area (Å²) in [4.78, 5) is 15.1. The number of hydrogen-bond acceptors (Lipinski definition) is 4. The number of carbonyl (C=O) groups is 1. The molecule has 2 aromatic carbocycles. The minimum Gasteiger partial charge on any atom is -0.490 e. The molecule has 0 aliphatic carbocycles. The Morgan fingerprint density at radius 1 is 1.19 bits per heavy atom. The highest BCUT2D eigenvalue weighted by atomic mass is 32.2. The lowest BCUT2D eigenvalue weighted by atomic mass is 10.0. The van der Waals surface area contributed by atoms with E-state index in [0.29, 0.717) is 12.3 Å². The van der Waals surface area contributed by atoms with Gasteiger partial charge in [-0.25, -0.2) is 8.42 Å². The molecular formula is C20H23NO4S. The first-order valence-electron chi connectivity index (χ1n) is 8.60. The van der Waals surface area contributed by atoms with Gasteiger partial charge in [-0.1, -0.05) is 25.1 Å². The molecule has 0 saturated heterocycles. The van der Waals surface area contributed by atoms with Crippen LogP contribution in [0.1, 0.15) is 42.6 Å². The van der Waals surface area contributed by atoms with Gasteiger partial charge >= 0.3 is 0 Å². The molecular weight excluding hydrogens is 350 g/mol. The Kier molecular flexibility index (Phi) is 4.80. The Hall–Kier alpha value is -2.34. The quantitative estimate of drug-likeness (QED) is 0.821. The lowest BCUT2D eigenvalue weighted by Crippen LogP contribution is -2.30. The summed E-state index contributed by atoms with van der Waals surface area (Å²) in [6, 6.07) is 12.3. The molecule has 1 aliphatic rings. The first kappa shape index (κ1) is 18.5. The van der Waals surface area contributed by atoms with Crippen LogP contribution in [0.2, 0.25) is 0 Å². The fourth-order valence-corrected chi connectivity index (χ4v) is 3.87. The maximum absolute atomic E-state index is 13.3. The van der Waals surface area contributed by atoms with Crippen LogP contribution in [0.5, 0.6) is 5.75 Å². The third-order valence-corrected chi connectivity index (χ3v) is 5.54. The number of hydrogen-bond donors (Lipinski definition) is 0. The normalized spacial score (nSPS) is 16.7. The monoisotopic (exact) mass is 373 g/mol. The highest BCUT2D eigenvalue weighted by Gasteiger charge is 2.32. The molecule has 0 aromatic heterocycles. The fourth-order valence-electron chi connectivity index (χ4n) is 3.22. The Labute approximate surface area is 154 Å². The van der Waals surface area contributed by atoms with Crippen molar-refractivity contribution in [1.29, 1.82) is 0 Å². The van der Waals surface area contributed by atoms with Gasteiger partial charge in [0.2, 0.25) is 0 Å². The summed E-state index contributed by atoms with van der Waals surface area (Å²) in [6.45, 7) is 6.37. The number of amides is 1. The summed E-state index contributed by atoms with van der Waals surface area (Å²) in [6.07, 6.45) is 1.00. The average Bonchev–Trinajstić information content (AvgIpc) is 2.90. The molecule has 0 unspecified atom stereocenters. The van der Waals surface area contributed by atoms with Crippen LogP contribution >= 0.6 is 0 Å². The first-order valence-corrected chi connectivity index (χ1v) is 10.5. The van der Waals surface area contributed by atoms with E-state index in [-0.39, 0.29) is 28.4 Å². The van der Waals surface area contributed by atoms with E-state index in [1.165, 1.54) is 12.1 Å². The molecule has 0 spiro atoms. The maximum atomic E-state index is 13.3. The zero-order valence-electron chi connectivity index (χ0n) is 15.4. The predicted molar refractivity (Wildman–Crippen MR) is 102 cm³/mol. The van der Waals surface area contributed by atoms with Crippen molar-refractivity contribution in [2.45, 2.75) is 37.7 Å². The van der Waals surface area contributed by atoms with E-state index in [1.807, 2.05) is 38.1 Å². The minimum atomic E-state index is -3.43. The number of fused-ring (bicyclic) bond motifs is 1. The summed E-state index contributed by atoms with van der Waals surface area (Å²) in [5.74, 6) is 0.375. The van der Waals surface area contributed by atoms with Crippen molar-refractivity contribution in [2.75, 3.05) is 17.7 Å². The molecule has 1 atom stereocenters. The summed E-state index contributed by atoms with van der Waals surface area (Å²) >= 11 is 0. The molecule has 2 aromatic rings. The Balaban J connectivity index is 2.08. The van der Waals surface area contributed by atoms with Crippen molar-refractivity contribution in [3.8, 4) is 5.75 Å². The molecule has 0 saturated carbocycles. The van der Waals surface area contributed by atoms with Gasteiger partial charge in [-0.05, 0) is 43.7 Å². The lowest BCUT2D eigenvalue weighted by Gasteiger charge is -2.21. The molecule has 138 valence electrons. The fraction of sp³-hybridized carbons (Fsp3) is 0.350. The molecule has 6 heteroatoms. The number of anilines is 1. The van der Waals surface area contributed by atoms with Crippen molar-refractivity contribution in [2.24, 2.45) is 0 Å². The average molecular weight is 373 g/mol. The van der Waals surface area contributed by atoms with Crippen molar-refractivity contribution in [1.82, 2.24) is 0 Å². The van der Waals surface area contributed by atoms with Crippen LogP contribution in [0, 0.1) is 0 Å². The molecule has 3 rings (SSSR count). The zero-order chi connectivity index (χ0) is 19.1. The Bertz CT molecular complexity index is 950. The topological polar surface area (TPSA) is 63.7 Å². The van der Waals surface area contributed by atoms with Gasteiger partial charge < -0.3 is 9.64 Å². The second-order valence-electron chi connectivity index (χ2n) is 6.97. The summed E-state index contributed by atoms with van der Waals surface area (Å²) in [7, 11) is -3.43. The van der Waals surface area contributed by atoms with Gasteiger partial charge in [0.1, 0.15) is 5.75 Å². The van der Waals surface area contributed by atoms with Crippen LogP contribution in [-0.4, -0.2) is 33.2 Å². The van der Waals surface area contributed by atoms with Crippen LogP contribution in [0.4, 0.5) is 5.69 Å². The van der Waals surface area contributed by atoms with Gasteiger partial charge in [0, 0.05) is 24.4 Å². The predicted octanol–water partition coefficient (Wildman–Crippen LogP) is 3.64. The number of carbonyl (C=O) groups excluding carboxylic acids is 1. The van der Waals surface area contributed by atoms with Crippen molar-refractivity contribution >= 4 is 21.4 Å². The van der Waals surface area contributed by atoms with Crippen LogP contribution in [0.3, 0.4) is 0 Å². The highest BCUT2D eigenvalue weighted by Crippen LogP contribution is 2.37. The number of benzene rings is 2. The van der Waals surface area contributed by atoms with Gasteiger partial charge in [0.05, 0.1) is 16.6 Å². The number of sulfone groups is 1. The van der Waals surface area contributed by atoms with E-state index in [9.17, 15) is 13.2 Å². The molecule has 0 N–H and O–H groups in total. The van der Waals surface area contributed by atoms with E-state index < -0.39 is 9.84 Å². The number of nitrogens with zero attached hydrogens (tertiary/aromatic N) is 1. The zero-order valence-corrected chi connectivity index (χ0v) is 16.2. The van der Waals surface area contributed by atoms with Crippen LogP contribution in [0.25, 0.3) is 0 Å². The molecule has 5 nitrogen and oxygen atoms in total. The molecule has 1 aliphatic heterocycles. The van der Waals surface area contributed by atoms with Crippen LogP contribution in [-0.2, 0) is 9.84 Å². The Morgan fingerprint density at radius 2 is 1.88 bits per heavy atom. The molecule has 0 bridgehead atoms. The van der Waals surface area contributed by atoms with Crippen LogP contribution in [0.15, 0.2) is 47.4 Å². The number of rotatable bonds is 4. The molecule has 0 fully saturated rings. The van der Waals surface area contributed by atoms with Crippen LogP contribution < -0.4 is 9.64 Å². The van der Waals surface area contributed by atoms with Gasteiger partial charge in [0.25, 0.3) is 5.91 Å². The van der Waals surface area contributed by atoms with Gasteiger partial charge in [-0.3, -0.25) is 4.79 Å². The second kappa shape index (κ2) is 6.76. The highest BCUT2D eigenvalue weighted by molar-refractivity contribution is 7.90. The molecule has 1 heterocycles. The maximum Gasteiger partial charge on any atom is 0.262 e. The lowest BCUT2D eigenvalue weighted by molar-refractivity contribution is 0.0982. The Morgan fingerprint density at radius 3 is 2.54 bits per heavy atom. The van der Waals surface area contributed by atoms with Crippen molar-refractivity contribution in [3.63, 3.8) is 0 Å². The van der Waals surface area contributed by atoms with E-state index in [1.54, 1.807) is 11.0 Å². The smallest absolute Gasteiger partial charge is 0.262 e. The standard InChI is InChI=1S/C20H23NO4S/c1-13(2)25-19-10-9-15(26(4,23)24)11-17(19)20(22)21-12-14(3)16-7-5-6-8-18(16)21/h5-11,13-14H,12H2,1-4H3/t14-/m0/s1. The molecule has 1 amide bonds. The minimum absolute atomic E-state index is 0.109. The van der Waals surface area contributed by atoms with E-state index in [2.05, 4.69) is 6.92 Å². The molecule has 26 heavy (non-hydrogen) atoms. The third-order valence-electron chi connectivity index (χ3n) is 4.43. The summed E-state index contributed by atoms with van der Waals surface area (Å²) < 4.78 is 29.7. The number of para-hydroxylation sites is 1. The van der Waals surface area contributed by atoms with E-state index in [4.69, 9.17) is 4.74 Å². The third kappa shape index (κ3) is 3.46. The van der Waals surface area contributed by atoms with E-state index >= 15 is 0 Å². The SMILES string of the molecule is CC(C)Oc1ccc(S(C)(=O)=O)cc1C(=O)N1C[C@H](C)c2ccccc21. The first-order chi connectivity index (χ1) is 12.2. The van der Waals surface area contributed by atoms with Crippen molar-refractivity contribution < 1.29 is 17.9 Å². The van der Waals surface area contributed by atoms with Gasteiger partial charge in [-0.2, -0.15) is 0 Å². The largest absolute Gasteiger partial charge is 0.490 e. The van der Waals surface area contributed by atoms with Crippen molar-refractivity contribution in [3.05, 3.63) is 53.6 Å². The number of ether oxygens (including phenoxy) is 1. The summed E-state index contributed by atoms with van der Waals surface area (Å²) in [5.41, 5.74) is 2.25. The van der Waals surface area contributed by atoms with E-state index in [0.717, 1.165) is 17.5 Å².